The molecule has 34 heavy (non-hydrogen) atoms. The van der Waals surface area contributed by atoms with Crippen LogP contribution in [0.2, 0.25) is 0 Å². The minimum absolute atomic E-state index is 0.206. The second kappa shape index (κ2) is 9.64. The van der Waals surface area contributed by atoms with Crippen LogP contribution in [0.1, 0.15) is 48.0 Å². The molecule has 2 N–H and O–H groups in total. The number of carbonyl (C=O) groups excluding carboxylic acids is 1. The smallest absolute Gasteiger partial charge is 0.338 e. The molecule has 0 fully saturated rings. The molecule has 3 rings (SSSR count). The first-order valence-corrected chi connectivity index (χ1v) is 12.4. The number of ether oxygens (including phenoxy) is 1. The van der Waals surface area contributed by atoms with Crippen LogP contribution in [0, 0.1) is 0 Å². The molecular formula is C25H27N3O5S. The Balaban J connectivity index is 2.09. The summed E-state index contributed by atoms with van der Waals surface area (Å²) in [5.41, 5.74) is 3.07. The standard InChI is InChI=1S/C25H27N3O5S/c1-25(2,3)22-14-16(13-21(27-22)19-7-6-12-26-23(19)29)8-9-17-10-11-18(28-34(5,31)32)15-20(17)24(30)33-4/h6-15,28H,1-5H3,(H,26,29)/b9-8+. The van der Waals surface area contributed by atoms with Crippen LogP contribution in [0.5, 0.6) is 0 Å². The van der Waals surface area contributed by atoms with Gasteiger partial charge in [0.2, 0.25) is 10.0 Å². The van der Waals surface area contributed by atoms with Crippen LogP contribution in [-0.4, -0.2) is 37.7 Å². The molecule has 2 aromatic heterocycles. The molecule has 2 heterocycles. The van der Waals surface area contributed by atoms with E-state index in [4.69, 9.17) is 9.72 Å². The highest BCUT2D eigenvalue weighted by molar-refractivity contribution is 7.92. The molecule has 8 nitrogen and oxygen atoms in total. The molecule has 0 saturated carbocycles. The van der Waals surface area contributed by atoms with E-state index in [1.165, 1.54) is 13.2 Å². The number of hydrogen-bond acceptors (Lipinski definition) is 6. The predicted octanol–water partition coefficient (Wildman–Crippen LogP) is 4.06. The van der Waals surface area contributed by atoms with Gasteiger partial charge in [-0.25, -0.2) is 13.2 Å². The average molecular weight is 482 g/mol. The Morgan fingerprint density at radius 2 is 1.85 bits per heavy atom. The van der Waals surface area contributed by atoms with E-state index in [1.54, 1.807) is 42.6 Å². The molecule has 0 amide bonds. The number of rotatable bonds is 6. The van der Waals surface area contributed by atoms with Crippen molar-refractivity contribution in [3.05, 3.63) is 81.4 Å². The lowest BCUT2D eigenvalue weighted by Crippen LogP contribution is -2.15. The zero-order valence-corrected chi connectivity index (χ0v) is 20.5. The molecule has 9 heteroatoms. The van der Waals surface area contributed by atoms with E-state index < -0.39 is 16.0 Å². The van der Waals surface area contributed by atoms with Gasteiger partial charge >= 0.3 is 5.97 Å². The Hall–Kier alpha value is -3.72. The predicted molar refractivity (Wildman–Crippen MR) is 134 cm³/mol. The minimum atomic E-state index is -3.50. The maximum atomic E-state index is 12.3. The van der Waals surface area contributed by atoms with Crippen molar-refractivity contribution in [3.8, 4) is 11.3 Å². The Morgan fingerprint density at radius 1 is 1.12 bits per heavy atom. The summed E-state index contributed by atoms with van der Waals surface area (Å²) in [6.07, 6.45) is 6.14. The third kappa shape index (κ3) is 6.20. The van der Waals surface area contributed by atoms with Crippen molar-refractivity contribution in [3.63, 3.8) is 0 Å². The van der Waals surface area contributed by atoms with Crippen molar-refractivity contribution in [2.24, 2.45) is 0 Å². The topological polar surface area (TPSA) is 118 Å². The third-order valence-corrected chi connectivity index (χ3v) is 5.53. The summed E-state index contributed by atoms with van der Waals surface area (Å²) in [5, 5.41) is 0. The molecule has 0 atom stereocenters. The fourth-order valence-electron chi connectivity index (χ4n) is 3.25. The maximum Gasteiger partial charge on any atom is 0.338 e. The van der Waals surface area contributed by atoms with Crippen molar-refractivity contribution in [2.45, 2.75) is 26.2 Å². The normalized spacial score (nSPS) is 12.0. The molecule has 0 aliphatic carbocycles. The number of carbonyl (C=O) groups is 1. The van der Waals surface area contributed by atoms with Gasteiger partial charge in [-0.2, -0.15) is 0 Å². The number of hydrogen-bond donors (Lipinski definition) is 2. The highest BCUT2D eigenvalue weighted by Gasteiger charge is 2.18. The van der Waals surface area contributed by atoms with Gasteiger partial charge in [0.1, 0.15) is 0 Å². The third-order valence-electron chi connectivity index (χ3n) is 4.93. The van der Waals surface area contributed by atoms with Crippen LogP contribution in [-0.2, 0) is 20.2 Å². The number of esters is 1. The molecule has 0 spiro atoms. The van der Waals surface area contributed by atoms with Crippen molar-refractivity contribution in [1.82, 2.24) is 9.97 Å². The second-order valence-electron chi connectivity index (χ2n) is 8.84. The highest BCUT2D eigenvalue weighted by Crippen LogP contribution is 2.26. The number of sulfonamides is 1. The van der Waals surface area contributed by atoms with Gasteiger partial charge in [0.05, 0.1) is 30.2 Å². The van der Waals surface area contributed by atoms with Gasteiger partial charge in [-0.1, -0.05) is 39.0 Å². The monoisotopic (exact) mass is 481 g/mol. The molecule has 178 valence electrons. The van der Waals surface area contributed by atoms with E-state index >= 15 is 0 Å². The quantitative estimate of drug-likeness (QED) is 0.513. The number of nitrogens with zero attached hydrogens (tertiary/aromatic N) is 1. The van der Waals surface area contributed by atoms with Gasteiger partial charge in [-0.15, -0.1) is 0 Å². The van der Waals surface area contributed by atoms with Crippen LogP contribution in [0.3, 0.4) is 0 Å². The van der Waals surface area contributed by atoms with E-state index in [1.807, 2.05) is 32.9 Å². The lowest BCUT2D eigenvalue weighted by molar-refractivity contribution is 0.0600. The maximum absolute atomic E-state index is 12.3. The van der Waals surface area contributed by atoms with Gasteiger partial charge in [0.15, 0.2) is 0 Å². The van der Waals surface area contributed by atoms with Gasteiger partial charge in [0, 0.05) is 23.0 Å². The summed E-state index contributed by atoms with van der Waals surface area (Å²) in [6, 6.07) is 11.8. The first kappa shape index (κ1) is 24.9. The molecule has 0 saturated heterocycles. The summed E-state index contributed by atoms with van der Waals surface area (Å²) >= 11 is 0. The number of aromatic nitrogens is 2. The zero-order valence-electron chi connectivity index (χ0n) is 19.7. The van der Waals surface area contributed by atoms with E-state index in [0.717, 1.165) is 17.5 Å². The fourth-order valence-corrected chi connectivity index (χ4v) is 3.80. The zero-order chi connectivity index (χ0) is 25.1. The van der Waals surface area contributed by atoms with Crippen molar-refractivity contribution >= 4 is 33.8 Å². The number of pyridine rings is 2. The SMILES string of the molecule is COC(=O)c1cc(NS(C)(=O)=O)ccc1/C=C/c1cc(-c2ccc[nH]c2=O)nc(C(C)(C)C)c1. The number of H-pyrrole nitrogens is 1. The Labute approximate surface area is 198 Å². The van der Waals surface area contributed by atoms with Gasteiger partial charge in [-0.3, -0.25) is 14.5 Å². The summed E-state index contributed by atoms with van der Waals surface area (Å²) in [7, 11) is -2.24. The molecular weight excluding hydrogens is 454 g/mol. The number of anilines is 1. The first-order chi connectivity index (χ1) is 15.9. The molecule has 0 radical (unpaired) electrons. The van der Waals surface area contributed by atoms with Crippen LogP contribution >= 0.6 is 0 Å². The number of aromatic amines is 1. The summed E-state index contributed by atoms with van der Waals surface area (Å²) in [6.45, 7) is 6.10. The van der Waals surface area contributed by atoms with Crippen molar-refractivity contribution < 1.29 is 17.9 Å². The van der Waals surface area contributed by atoms with Crippen LogP contribution in [0.25, 0.3) is 23.4 Å². The molecule has 0 bridgehead atoms. The molecule has 0 aliphatic heterocycles. The highest BCUT2D eigenvalue weighted by atomic mass is 32.2. The van der Waals surface area contributed by atoms with E-state index in [-0.39, 0.29) is 22.2 Å². The van der Waals surface area contributed by atoms with Crippen LogP contribution in [0.15, 0.2) is 53.5 Å². The summed E-state index contributed by atoms with van der Waals surface area (Å²) in [4.78, 5) is 32.1. The Kier molecular flexibility index (Phi) is 7.07. The van der Waals surface area contributed by atoms with Gasteiger partial charge < -0.3 is 9.72 Å². The summed E-state index contributed by atoms with van der Waals surface area (Å²) in [5.74, 6) is -0.599. The Bertz CT molecular complexity index is 1420. The van der Waals surface area contributed by atoms with Gasteiger partial charge in [-0.05, 0) is 47.5 Å². The first-order valence-electron chi connectivity index (χ1n) is 10.5. The lowest BCUT2D eigenvalue weighted by Gasteiger charge is -2.19. The van der Waals surface area contributed by atoms with Crippen LogP contribution < -0.4 is 10.3 Å². The van der Waals surface area contributed by atoms with E-state index in [2.05, 4.69) is 9.71 Å². The van der Waals surface area contributed by atoms with Crippen molar-refractivity contribution in [1.29, 1.82) is 0 Å². The summed E-state index contributed by atoms with van der Waals surface area (Å²) < 4.78 is 30.3. The number of nitrogens with one attached hydrogen (secondary N) is 2. The van der Waals surface area contributed by atoms with Crippen molar-refractivity contribution in [2.75, 3.05) is 18.1 Å². The molecule has 0 aliphatic rings. The largest absolute Gasteiger partial charge is 0.465 e. The van der Waals surface area contributed by atoms with Gasteiger partial charge in [0.25, 0.3) is 5.56 Å². The Morgan fingerprint density at radius 3 is 2.47 bits per heavy atom. The van der Waals surface area contributed by atoms with E-state index in [9.17, 15) is 18.0 Å². The number of benzene rings is 1. The second-order valence-corrected chi connectivity index (χ2v) is 10.6. The lowest BCUT2D eigenvalue weighted by atomic mass is 9.90. The fraction of sp³-hybridized carbons (Fsp3) is 0.240. The van der Waals surface area contributed by atoms with Crippen LogP contribution in [0.4, 0.5) is 5.69 Å². The molecule has 0 unspecified atom stereocenters. The minimum Gasteiger partial charge on any atom is -0.465 e. The molecule has 3 aromatic rings. The average Bonchev–Trinajstić information content (AvgIpc) is 2.76. The number of methoxy groups -OCH3 is 1. The molecule has 1 aromatic carbocycles. The van der Waals surface area contributed by atoms with E-state index in [0.29, 0.717) is 16.8 Å².